The van der Waals surface area contributed by atoms with Crippen LogP contribution < -0.4 is 5.32 Å². The summed E-state index contributed by atoms with van der Waals surface area (Å²) in [6.45, 7) is 2.12. The molecule has 4 rings (SSSR count). The Balaban J connectivity index is 1.76. The summed E-state index contributed by atoms with van der Waals surface area (Å²) < 4.78 is 1.52. The number of carbonyl (C=O) groups is 1. The molecule has 0 aliphatic rings. The molecule has 7 nitrogen and oxygen atoms in total. The van der Waals surface area contributed by atoms with E-state index in [0.29, 0.717) is 17.4 Å². The molecule has 2 heterocycles. The predicted molar refractivity (Wildman–Crippen MR) is 111 cm³/mol. The Morgan fingerprint density at radius 2 is 1.83 bits per heavy atom. The predicted octanol–water partition coefficient (Wildman–Crippen LogP) is 4.09. The van der Waals surface area contributed by atoms with Crippen LogP contribution in [-0.2, 0) is 6.42 Å². The molecule has 0 spiro atoms. The molecule has 29 heavy (non-hydrogen) atoms. The molecule has 2 aromatic heterocycles. The molecule has 146 valence electrons. The lowest BCUT2D eigenvalue weighted by Gasteiger charge is -2.09. The average molecular weight is 387 g/mol. The fraction of sp³-hybridized carbons (Fsp3) is 0.182. The highest BCUT2D eigenvalue weighted by atomic mass is 16.3. The van der Waals surface area contributed by atoms with Crippen molar-refractivity contribution in [2.24, 2.45) is 0 Å². The largest absolute Gasteiger partial charge is 0.507 e. The number of nitrogens with zero attached hydrogens (tertiary/aromatic N) is 4. The summed E-state index contributed by atoms with van der Waals surface area (Å²) in [7, 11) is 0. The Labute approximate surface area is 168 Å². The number of rotatable bonds is 6. The Hall–Kier alpha value is -3.74. The van der Waals surface area contributed by atoms with Gasteiger partial charge in [-0.05, 0) is 25.0 Å². The van der Waals surface area contributed by atoms with Crippen LogP contribution in [0.4, 0.5) is 5.82 Å². The van der Waals surface area contributed by atoms with Gasteiger partial charge in [-0.15, -0.1) is 5.10 Å². The van der Waals surface area contributed by atoms with Crippen LogP contribution in [-0.4, -0.2) is 30.6 Å². The second-order valence-electron chi connectivity index (χ2n) is 6.72. The summed E-state index contributed by atoms with van der Waals surface area (Å²) in [6.07, 6.45) is 2.80. The van der Waals surface area contributed by atoms with Gasteiger partial charge in [0.05, 0.1) is 5.56 Å². The number of phenols is 1. The van der Waals surface area contributed by atoms with E-state index in [1.807, 2.05) is 36.4 Å². The van der Waals surface area contributed by atoms with Crippen molar-refractivity contribution in [3.05, 3.63) is 71.9 Å². The van der Waals surface area contributed by atoms with E-state index < -0.39 is 5.91 Å². The summed E-state index contributed by atoms with van der Waals surface area (Å²) in [4.78, 5) is 21.9. The van der Waals surface area contributed by atoms with Gasteiger partial charge in [0.25, 0.3) is 11.7 Å². The highest BCUT2D eigenvalue weighted by Gasteiger charge is 2.16. The van der Waals surface area contributed by atoms with Crippen LogP contribution >= 0.6 is 0 Å². The zero-order chi connectivity index (χ0) is 20.2. The van der Waals surface area contributed by atoms with Gasteiger partial charge in [-0.1, -0.05) is 55.8 Å². The number of aryl methyl sites for hydroxylation is 1. The van der Waals surface area contributed by atoms with Crippen molar-refractivity contribution in [3.8, 4) is 17.1 Å². The number of anilines is 1. The van der Waals surface area contributed by atoms with E-state index in [4.69, 9.17) is 0 Å². The maximum absolute atomic E-state index is 12.7. The van der Waals surface area contributed by atoms with Crippen LogP contribution in [0.2, 0.25) is 0 Å². The van der Waals surface area contributed by atoms with Gasteiger partial charge in [-0.3, -0.25) is 4.79 Å². The summed E-state index contributed by atoms with van der Waals surface area (Å²) in [5, 5.41) is 17.4. The molecule has 0 unspecified atom stereocenters. The minimum Gasteiger partial charge on any atom is -0.507 e. The molecule has 7 heteroatoms. The summed E-state index contributed by atoms with van der Waals surface area (Å²) in [5.74, 6) is 0.914. The minimum atomic E-state index is -0.422. The molecule has 0 radical (unpaired) electrons. The number of hydrogen-bond acceptors (Lipinski definition) is 5. The lowest BCUT2D eigenvalue weighted by Crippen LogP contribution is -2.16. The third-order valence-corrected chi connectivity index (χ3v) is 4.57. The molecule has 0 atom stereocenters. The average Bonchev–Trinajstić information content (AvgIpc) is 3.18. The van der Waals surface area contributed by atoms with Crippen LogP contribution in [0.5, 0.6) is 5.75 Å². The van der Waals surface area contributed by atoms with Crippen molar-refractivity contribution in [2.45, 2.75) is 26.2 Å². The maximum atomic E-state index is 12.7. The molecule has 0 saturated carbocycles. The molecule has 0 aliphatic heterocycles. The van der Waals surface area contributed by atoms with E-state index in [1.165, 1.54) is 10.6 Å². The molecule has 2 N–H and O–H groups in total. The van der Waals surface area contributed by atoms with E-state index >= 15 is 0 Å². The van der Waals surface area contributed by atoms with Gasteiger partial charge in [0.15, 0.2) is 5.82 Å². The van der Waals surface area contributed by atoms with Gasteiger partial charge in [0.1, 0.15) is 11.6 Å². The van der Waals surface area contributed by atoms with Gasteiger partial charge in [0.2, 0.25) is 0 Å². The number of benzene rings is 2. The first-order valence-corrected chi connectivity index (χ1v) is 9.57. The van der Waals surface area contributed by atoms with E-state index in [9.17, 15) is 9.90 Å². The Morgan fingerprint density at radius 1 is 1.07 bits per heavy atom. The Morgan fingerprint density at radius 3 is 2.59 bits per heavy atom. The van der Waals surface area contributed by atoms with Crippen molar-refractivity contribution in [1.82, 2.24) is 19.6 Å². The summed E-state index contributed by atoms with van der Waals surface area (Å²) >= 11 is 0. The Bertz CT molecular complexity index is 1150. The third-order valence-electron chi connectivity index (χ3n) is 4.57. The lowest BCUT2D eigenvalue weighted by molar-refractivity contribution is 0.102. The molecule has 0 aliphatic carbocycles. The first-order chi connectivity index (χ1) is 14.2. The van der Waals surface area contributed by atoms with Crippen molar-refractivity contribution in [2.75, 3.05) is 5.32 Å². The maximum Gasteiger partial charge on any atom is 0.260 e. The second kappa shape index (κ2) is 8.10. The van der Waals surface area contributed by atoms with Crippen LogP contribution in [0.3, 0.4) is 0 Å². The van der Waals surface area contributed by atoms with Crippen LogP contribution in [0.15, 0.2) is 60.7 Å². The lowest BCUT2D eigenvalue weighted by atomic mass is 10.2. The zero-order valence-corrected chi connectivity index (χ0v) is 16.0. The number of hydrogen-bond donors (Lipinski definition) is 2. The highest BCUT2D eigenvalue weighted by Crippen LogP contribution is 2.21. The van der Waals surface area contributed by atoms with Crippen LogP contribution in [0.1, 0.15) is 35.8 Å². The molecule has 2 aromatic carbocycles. The number of amides is 1. The minimum absolute atomic E-state index is 0.0786. The summed E-state index contributed by atoms with van der Waals surface area (Å²) in [5.41, 5.74) is 1.89. The molecule has 4 aromatic rings. The second-order valence-corrected chi connectivity index (χ2v) is 6.72. The number of aromatic nitrogens is 4. The molecule has 0 saturated heterocycles. The zero-order valence-electron chi connectivity index (χ0n) is 16.0. The van der Waals surface area contributed by atoms with E-state index in [0.717, 1.165) is 30.5 Å². The number of aromatic hydroxyl groups is 1. The van der Waals surface area contributed by atoms with Gasteiger partial charge in [0, 0.05) is 17.3 Å². The van der Waals surface area contributed by atoms with Crippen molar-refractivity contribution in [3.63, 3.8) is 0 Å². The van der Waals surface area contributed by atoms with Gasteiger partial charge < -0.3 is 10.4 Å². The number of fused-ring (bicyclic) bond motifs is 1. The van der Waals surface area contributed by atoms with Crippen LogP contribution in [0.25, 0.3) is 17.2 Å². The van der Waals surface area contributed by atoms with Gasteiger partial charge in [-0.25, -0.2) is 4.98 Å². The topological polar surface area (TPSA) is 92.4 Å². The van der Waals surface area contributed by atoms with Crippen molar-refractivity contribution >= 4 is 17.5 Å². The standard InChI is InChI=1S/C22H21N5O2/c1-2-3-11-16-14-19(24-21(29)17-12-7-8-13-18(17)28)27-22(23-16)25-20(26-27)15-9-5-4-6-10-15/h4-10,12-14,28H,2-3,11H2,1H3,(H,24,29). The Kier molecular flexibility index (Phi) is 5.20. The quantitative estimate of drug-likeness (QED) is 0.520. The number of nitrogens with one attached hydrogen (secondary N) is 1. The summed E-state index contributed by atoms with van der Waals surface area (Å²) in [6, 6.07) is 17.8. The number of para-hydroxylation sites is 1. The molecule has 1 amide bonds. The molecule has 0 bridgehead atoms. The van der Waals surface area contributed by atoms with Crippen molar-refractivity contribution in [1.29, 1.82) is 0 Å². The highest BCUT2D eigenvalue weighted by molar-refractivity contribution is 6.05. The monoisotopic (exact) mass is 387 g/mol. The van der Waals surface area contributed by atoms with E-state index in [1.54, 1.807) is 18.2 Å². The first-order valence-electron chi connectivity index (χ1n) is 9.57. The number of phenolic OH excluding ortho intramolecular Hbond substituents is 1. The van der Waals surface area contributed by atoms with Crippen molar-refractivity contribution < 1.29 is 9.90 Å². The SMILES string of the molecule is CCCCc1cc(NC(=O)c2ccccc2O)n2nc(-c3ccccc3)nc2n1. The third kappa shape index (κ3) is 3.94. The number of unbranched alkanes of at least 4 members (excludes halogenated alkanes) is 1. The fourth-order valence-corrected chi connectivity index (χ4v) is 3.05. The van der Waals surface area contributed by atoms with Gasteiger partial charge >= 0.3 is 0 Å². The fourth-order valence-electron chi connectivity index (χ4n) is 3.05. The normalized spacial score (nSPS) is 10.9. The van der Waals surface area contributed by atoms with Gasteiger partial charge in [-0.2, -0.15) is 9.50 Å². The van der Waals surface area contributed by atoms with E-state index in [2.05, 4.69) is 27.3 Å². The van der Waals surface area contributed by atoms with E-state index in [-0.39, 0.29) is 11.3 Å². The number of carbonyl (C=O) groups excluding carboxylic acids is 1. The van der Waals surface area contributed by atoms with Crippen LogP contribution in [0, 0.1) is 0 Å². The smallest absolute Gasteiger partial charge is 0.260 e. The molecular weight excluding hydrogens is 366 g/mol. The molecule has 0 fully saturated rings. The molecular formula is C22H21N5O2. The first kappa shape index (κ1) is 18.6.